The van der Waals surface area contributed by atoms with Gasteiger partial charge in [-0.25, -0.2) is 0 Å². The van der Waals surface area contributed by atoms with E-state index in [1.807, 2.05) is 0 Å². The normalized spacial score (nSPS) is 12.8. The highest BCUT2D eigenvalue weighted by Gasteiger charge is 2.13. The van der Waals surface area contributed by atoms with Crippen molar-refractivity contribution in [2.45, 2.75) is 67.3 Å². The molecule has 138 valence electrons. The van der Waals surface area contributed by atoms with Crippen molar-refractivity contribution in [1.29, 1.82) is 0 Å². The van der Waals surface area contributed by atoms with Gasteiger partial charge in [0.2, 0.25) is 0 Å². The van der Waals surface area contributed by atoms with E-state index in [-0.39, 0.29) is 0 Å². The maximum absolute atomic E-state index is 4.77. The van der Waals surface area contributed by atoms with Crippen molar-refractivity contribution in [2.75, 3.05) is 25.0 Å². The minimum atomic E-state index is 0.477. The van der Waals surface area contributed by atoms with Crippen LogP contribution in [0, 0.1) is 27.7 Å². The van der Waals surface area contributed by atoms with Crippen LogP contribution in [0.15, 0.2) is 12.1 Å². The predicted octanol–water partition coefficient (Wildman–Crippen LogP) is 5.39. The molecule has 0 aliphatic rings. The molecule has 0 bridgehead atoms. The number of aryl methyl sites for hydroxylation is 4. The summed E-state index contributed by atoms with van der Waals surface area (Å²) < 4.78 is 0. The number of aromatic nitrogens is 1. The van der Waals surface area contributed by atoms with Crippen LogP contribution in [0.1, 0.15) is 56.0 Å². The van der Waals surface area contributed by atoms with E-state index in [2.05, 4.69) is 70.8 Å². The second kappa shape index (κ2) is 8.66. The van der Waals surface area contributed by atoms with E-state index in [4.69, 9.17) is 4.98 Å². The molecule has 0 aliphatic heterocycles. The summed E-state index contributed by atoms with van der Waals surface area (Å²) in [5.41, 5.74) is 7.40. The van der Waals surface area contributed by atoms with Gasteiger partial charge in [0.15, 0.2) is 0 Å². The summed E-state index contributed by atoms with van der Waals surface area (Å²) in [5, 5.41) is 5.06. The molecule has 2 aromatic rings. The Labute approximate surface area is 153 Å². The standard InChI is InChI=1S/C22H35N3/c1-8-25(9-2)12-10-11-17(5)23-20-14-16(4)22-21(19(20)7)15(3)13-18(6)24-22/h13-14,17,23H,8-12H2,1-7H3. The molecule has 0 amide bonds. The van der Waals surface area contributed by atoms with Crippen molar-refractivity contribution in [2.24, 2.45) is 0 Å². The first-order valence-electron chi connectivity index (χ1n) is 9.74. The van der Waals surface area contributed by atoms with Crippen molar-refractivity contribution in [3.05, 3.63) is 34.5 Å². The maximum Gasteiger partial charge on any atom is 0.0741 e. The Kier molecular flexibility index (Phi) is 6.83. The van der Waals surface area contributed by atoms with Crippen LogP contribution in [-0.2, 0) is 0 Å². The van der Waals surface area contributed by atoms with Crippen LogP contribution in [0.25, 0.3) is 10.9 Å². The van der Waals surface area contributed by atoms with Crippen LogP contribution >= 0.6 is 0 Å². The highest BCUT2D eigenvalue weighted by Crippen LogP contribution is 2.31. The lowest BCUT2D eigenvalue weighted by Crippen LogP contribution is -2.25. The molecule has 0 fully saturated rings. The topological polar surface area (TPSA) is 28.2 Å². The fraction of sp³-hybridized carbons (Fsp3) is 0.591. The zero-order chi connectivity index (χ0) is 18.6. The molecule has 1 atom stereocenters. The lowest BCUT2D eigenvalue weighted by molar-refractivity contribution is 0.295. The maximum atomic E-state index is 4.77. The van der Waals surface area contributed by atoms with Crippen molar-refractivity contribution in [3.8, 4) is 0 Å². The Morgan fingerprint density at radius 1 is 1.04 bits per heavy atom. The highest BCUT2D eigenvalue weighted by molar-refractivity contribution is 5.92. The molecule has 1 heterocycles. The average molecular weight is 342 g/mol. The third-order valence-corrected chi connectivity index (χ3v) is 5.27. The van der Waals surface area contributed by atoms with Gasteiger partial charge in [-0.05, 0) is 95.9 Å². The number of nitrogens with zero attached hydrogens (tertiary/aromatic N) is 2. The highest BCUT2D eigenvalue weighted by atomic mass is 15.1. The summed E-state index contributed by atoms with van der Waals surface area (Å²) in [7, 11) is 0. The van der Waals surface area contributed by atoms with Crippen molar-refractivity contribution >= 4 is 16.6 Å². The second-order valence-electron chi connectivity index (χ2n) is 7.38. The lowest BCUT2D eigenvalue weighted by atomic mass is 9.98. The predicted molar refractivity (Wildman–Crippen MR) is 111 cm³/mol. The Bertz CT molecular complexity index is 717. The van der Waals surface area contributed by atoms with Crippen LogP contribution in [-0.4, -0.2) is 35.6 Å². The van der Waals surface area contributed by atoms with E-state index in [0.29, 0.717) is 6.04 Å². The first kappa shape index (κ1) is 19.7. The molecule has 1 unspecified atom stereocenters. The molecule has 0 spiro atoms. The summed E-state index contributed by atoms with van der Waals surface area (Å²) in [6, 6.07) is 4.93. The van der Waals surface area contributed by atoms with E-state index in [9.17, 15) is 0 Å². The summed E-state index contributed by atoms with van der Waals surface area (Å²) >= 11 is 0. The van der Waals surface area contributed by atoms with Gasteiger partial charge in [-0.1, -0.05) is 13.8 Å². The summed E-state index contributed by atoms with van der Waals surface area (Å²) in [5.74, 6) is 0. The molecule has 0 aliphatic carbocycles. The van der Waals surface area contributed by atoms with E-state index in [1.54, 1.807) is 0 Å². The van der Waals surface area contributed by atoms with Crippen molar-refractivity contribution in [1.82, 2.24) is 9.88 Å². The smallest absolute Gasteiger partial charge is 0.0741 e. The molecule has 1 N–H and O–H groups in total. The van der Waals surface area contributed by atoms with Gasteiger partial charge in [0.05, 0.1) is 5.52 Å². The van der Waals surface area contributed by atoms with Gasteiger partial charge in [-0.2, -0.15) is 0 Å². The first-order valence-corrected chi connectivity index (χ1v) is 9.74. The number of hydrogen-bond acceptors (Lipinski definition) is 3. The van der Waals surface area contributed by atoms with Gasteiger partial charge in [-0.15, -0.1) is 0 Å². The van der Waals surface area contributed by atoms with Crippen LogP contribution < -0.4 is 5.32 Å². The Balaban J connectivity index is 2.14. The van der Waals surface area contributed by atoms with Gasteiger partial charge in [0.1, 0.15) is 0 Å². The molecule has 1 aromatic carbocycles. The van der Waals surface area contributed by atoms with Gasteiger partial charge in [-0.3, -0.25) is 4.98 Å². The third kappa shape index (κ3) is 4.72. The monoisotopic (exact) mass is 341 g/mol. The summed E-state index contributed by atoms with van der Waals surface area (Å²) in [6.07, 6.45) is 2.43. The Morgan fingerprint density at radius 3 is 2.36 bits per heavy atom. The Morgan fingerprint density at radius 2 is 1.72 bits per heavy atom. The van der Waals surface area contributed by atoms with Crippen LogP contribution in [0.2, 0.25) is 0 Å². The number of pyridine rings is 1. The molecular formula is C22H35N3. The molecule has 0 radical (unpaired) electrons. The zero-order valence-corrected chi connectivity index (χ0v) is 17.2. The van der Waals surface area contributed by atoms with Crippen LogP contribution in [0.3, 0.4) is 0 Å². The average Bonchev–Trinajstić information content (AvgIpc) is 2.55. The molecule has 2 rings (SSSR count). The van der Waals surface area contributed by atoms with Crippen LogP contribution in [0.5, 0.6) is 0 Å². The van der Waals surface area contributed by atoms with Gasteiger partial charge >= 0.3 is 0 Å². The van der Waals surface area contributed by atoms with Gasteiger partial charge in [0.25, 0.3) is 0 Å². The number of anilines is 1. The minimum absolute atomic E-state index is 0.477. The Hall–Kier alpha value is -1.61. The first-order chi connectivity index (χ1) is 11.9. The van der Waals surface area contributed by atoms with Gasteiger partial charge in [0, 0.05) is 22.8 Å². The lowest BCUT2D eigenvalue weighted by Gasteiger charge is -2.22. The molecule has 25 heavy (non-hydrogen) atoms. The summed E-state index contributed by atoms with van der Waals surface area (Å²) in [6.45, 7) is 18.9. The molecule has 0 saturated carbocycles. The number of hydrogen-bond donors (Lipinski definition) is 1. The SMILES string of the molecule is CCN(CC)CCCC(C)Nc1cc(C)c2nc(C)cc(C)c2c1C. The number of fused-ring (bicyclic) bond motifs is 1. The number of nitrogens with one attached hydrogen (secondary N) is 1. The zero-order valence-electron chi connectivity index (χ0n) is 17.2. The fourth-order valence-corrected chi connectivity index (χ4v) is 3.77. The molecule has 3 heteroatoms. The van der Waals surface area contributed by atoms with E-state index in [1.165, 1.54) is 47.2 Å². The van der Waals surface area contributed by atoms with E-state index in [0.717, 1.165) is 24.3 Å². The summed E-state index contributed by atoms with van der Waals surface area (Å²) in [4.78, 5) is 7.27. The van der Waals surface area contributed by atoms with Crippen molar-refractivity contribution < 1.29 is 0 Å². The molecule has 1 aromatic heterocycles. The van der Waals surface area contributed by atoms with Crippen molar-refractivity contribution in [3.63, 3.8) is 0 Å². The number of rotatable bonds is 8. The number of benzene rings is 1. The van der Waals surface area contributed by atoms with E-state index >= 15 is 0 Å². The van der Waals surface area contributed by atoms with E-state index < -0.39 is 0 Å². The quantitative estimate of drug-likeness (QED) is 0.697. The molecule has 0 saturated heterocycles. The molecular weight excluding hydrogens is 306 g/mol. The molecule has 3 nitrogen and oxygen atoms in total. The largest absolute Gasteiger partial charge is 0.382 e. The minimum Gasteiger partial charge on any atom is -0.382 e. The third-order valence-electron chi connectivity index (χ3n) is 5.27. The second-order valence-corrected chi connectivity index (χ2v) is 7.38. The fourth-order valence-electron chi connectivity index (χ4n) is 3.77. The van der Waals surface area contributed by atoms with Crippen LogP contribution in [0.4, 0.5) is 5.69 Å². The van der Waals surface area contributed by atoms with Gasteiger partial charge < -0.3 is 10.2 Å².